The van der Waals surface area contributed by atoms with Crippen LogP contribution in [0, 0.1) is 11.8 Å². The lowest BCUT2D eigenvalue weighted by Crippen LogP contribution is -2.39. The fraction of sp³-hybridized carbons (Fsp3) is 0.750. The minimum absolute atomic E-state index is 0.0989. The lowest BCUT2D eigenvalue weighted by Gasteiger charge is -2.32. The second kappa shape index (κ2) is 8.17. The van der Waals surface area contributed by atoms with Crippen LogP contribution in [-0.4, -0.2) is 35.9 Å². The zero-order valence-electron chi connectivity index (χ0n) is 13.1. The number of hydrogen-bond donors (Lipinski definition) is 1. The van der Waals surface area contributed by atoms with Crippen LogP contribution in [-0.2, 0) is 19.1 Å². The van der Waals surface area contributed by atoms with Gasteiger partial charge in [0.15, 0.2) is 0 Å². The molecule has 1 aliphatic carbocycles. The van der Waals surface area contributed by atoms with Crippen LogP contribution in [0.5, 0.6) is 0 Å². The molecule has 0 aromatic heterocycles. The Balaban J connectivity index is 2.38. The standard InChI is InChI=1S/C16H26O5/c1-5-11(4)16(19)21-14-7-6-12(8-13(14)17)9-20-15(18)10(2)3/h11-14,17H,2,5-9H2,1,3-4H3. The van der Waals surface area contributed by atoms with E-state index in [2.05, 4.69) is 6.58 Å². The van der Waals surface area contributed by atoms with Crippen LogP contribution in [0.25, 0.3) is 0 Å². The molecule has 4 atom stereocenters. The maximum atomic E-state index is 11.7. The van der Waals surface area contributed by atoms with Gasteiger partial charge in [0.25, 0.3) is 0 Å². The highest BCUT2D eigenvalue weighted by Crippen LogP contribution is 2.28. The molecule has 0 aromatic carbocycles. The summed E-state index contributed by atoms with van der Waals surface area (Å²) in [7, 11) is 0. The molecule has 1 fully saturated rings. The second-order valence-corrected chi connectivity index (χ2v) is 5.91. The molecule has 0 bridgehead atoms. The Morgan fingerprint density at radius 2 is 2.05 bits per heavy atom. The van der Waals surface area contributed by atoms with E-state index in [1.807, 2.05) is 13.8 Å². The van der Waals surface area contributed by atoms with Crippen molar-refractivity contribution in [2.75, 3.05) is 6.61 Å². The van der Waals surface area contributed by atoms with Crippen molar-refractivity contribution in [3.63, 3.8) is 0 Å². The minimum atomic E-state index is -0.694. The molecule has 120 valence electrons. The molecule has 5 heteroatoms. The highest BCUT2D eigenvalue weighted by molar-refractivity contribution is 5.86. The fourth-order valence-electron chi connectivity index (χ4n) is 2.24. The first-order chi connectivity index (χ1) is 9.85. The molecule has 0 aromatic rings. The van der Waals surface area contributed by atoms with Crippen molar-refractivity contribution in [2.24, 2.45) is 11.8 Å². The van der Waals surface area contributed by atoms with Gasteiger partial charge in [0.1, 0.15) is 6.10 Å². The van der Waals surface area contributed by atoms with E-state index >= 15 is 0 Å². The maximum absolute atomic E-state index is 11.7. The van der Waals surface area contributed by atoms with Gasteiger partial charge in [-0.1, -0.05) is 20.4 Å². The molecule has 0 aliphatic heterocycles. The molecule has 1 aliphatic rings. The van der Waals surface area contributed by atoms with Crippen molar-refractivity contribution in [2.45, 2.75) is 58.7 Å². The molecule has 0 radical (unpaired) electrons. The van der Waals surface area contributed by atoms with Gasteiger partial charge in [-0.25, -0.2) is 4.79 Å². The molecule has 0 spiro atoms. The first-order valence-corrected chi connectivity index (χ1v) is 7.56. The normalized spacial score (nSPS) is 26.8. The Kier molecular flexibility index (Phi) is 6.89. The highest BCUT2D eigenvalue weighted by Gasteiger charge is 2.33. The quantitative estimate of drug-likeness (QED) is 0.601. The van der Waals surface area contributed by atoms with Crippen molar-refractivity contribution in [3.05, 3.63) is 12.2 Å². The molecule has 1 rings (SSSR count). The summed E-state index contributed by atoms with van der Waals surface area (Å²) in [5.74, 6) is -0.711. The van der Waals surface area contributed by atoms with Gasteiger partial charge in [0, 0.05) is 5.57 Å². The molecule has 4 unspecified atom stereocenters. The Hall–Kier alpha value is -1.36. The molecular weight excluding hydrogens is 272 g/mol. The predicted octanol–water partition coefficient (Wildman–Crippen LogP) is 2.22. The Morgan fingerprint density at radius 3 is 2.57 bits per heavy atom. The van der Waals surface area contributed by atoms with Gasteiger partial charge in [0.05, 0.1) is 18.6 Å². The van der Waals surface area contributed by atoms with Crippen molar-refractivity contribution >= 4 is 11.9 Å². The highest BCUT2D eigenvalue weighted by atomic mass is 16.6. The summed E-state index contributed by atoms with van der Waals surface area (Å²) < 4.78 is 10.5. The van der Waals surface area contributed by atoms with Gasteiger partial charge in [0.2, 0.25) is 0 Å². The van der Waals surface area contributed by atoms with Gasteiger partial charge >= 0.3 is 11.9 Å². The number of esters is 2. The topological polar surface area (TPSA) is 72.8 Å². The molecule has 1 saturated carbocycles. The third-order valence-corrected chi connectivity index (χ3v) is 3.94. The molecule has 0 heterocycles. The first-order valence-electron chi connectivity index (χ1n) is 7.56. The number of carbonyl (C=O) groups excluding carboxylic acids is 2. The second-order valence-electron chi connectivity index (χ2n) is 5.91. The van der Waals surface area contributed by atoms with E-state index in [9.17, 15) is 14.7 Å². The summed E-state index contributed by atoms with van der Waals surface area (Å²) in [6, 6.07) is 0. The third kappa shape index (κ3) is 5.50. The number of aliphatic hydroxyl groups excluding tert-OH is 1. The van der Waals surface area contributed by atoms with E-state index in [1.165, 1.54) is 0 Å². The van der Waals surface area contributed by atoms with Gasteiger partial charge < -0.3 is 14.6 Å². The summed E-state index contributed by atoms with van der Waals surface area (Å²) in [4.78, 5) is 23.1. The lowest BCUT2D eigenvalue weighted by molar-refractivity contribution is -0.164. The van der Waals surface area contributed by atoms with Gasteiger partial charge in [-0.2, -0.15) is 0 Å². The summed E-state index contributed by atoms with van der Waals surface area (Å²) >= 11 is 0. The van der Waals surface area contributed by atoms with E-state index in [1.54, 1.807) is 6.92 Å². The predicted molar refractivity (Wildman–Crippen MR) is 78.5 cm³/mol. The number of ether oxygens (including phenoxy) is 2. The van der Waals surface area contributed by atoms with Crippen LogP contribution < -0.4 is 0 Å². The van der Waals surface area contributed by atoms with E-state index < -0.39 is 18.2 Å². The van der Waals surface area contributed by atoms with Crippen molar-refractivity contribution in [1.29, 1.82) is 0 Å². The monoisotopic (exact) mass is 298 g/mol. The largest absolute Gasteiger partial charge is 0.462 e. The van der Waals surface area contributed by atoms with E-state index in [0.717, 1.165) is 12.8 Å². The third-order valence-electron chi connectivity index (χ3n) is 3.94. The van der Waals surface area contributed by atoms with Gasteiger partial charge in [-0.15, -0.1) is 0 Å². The van der Waals surface area contributed by atoms with Crippen LogP contribution in [0.3, 0.4) is 0 Å². The fourth-order valence-corrected chi connectivity index (χ4v) is 2.24. The van der Waals surface area contributed by atoms with E-state index in [4.69, 9.17) is 9.47 Å². The van der Waals surface area contributed by atoms with Crippen molar-refractivity contribution < 1.29 is 24.2 Å². The Morgan fingerprint density at radius 1 is 1.38 bits per heavy atom. The average Bonchev–Trinajstić information content (AvgIpc) is 2.45. The lowest BCUT2D eigenvalue weighted by atomic mass is 9.85. The van der Waals surface area contributed by atoms with E-state index in [-0.39, 0.29) is 24.4 Å². The molecular formula is C16H26O5. The Labute approximate surface area is 126 Å². The van der Waals surface area contributed by atoms with E-state index in [0.29, 0.717) is 18.4 Å². The van der Waals surface area contributed by atoms with Crippen LogP contribution in [0.15, 0.2) is 12.2 Å². The SMILES string of the molecule is C=C(C)C(=O)OCC1CCC(OC(=O)C(C)CC)C(O)C1. The summed E-state index contributed by atoms with van der Waals surface area (Å²) in [6.07, 6.45) is 1.42. The molecule has 21 heavy (non-hydrogen) atoms. The summed E-state index contributed by atoms with van der Waals surface area (Å²) in [5.41, 5.74) is 0.367. The number of hydrogen-bond acceptors (Lipinski definition) is 5. The number of rotatable bonds is 6. The molecule has 0 amide bonds. The maximum Gasteiger partial charge on any atom is 0.333 e. The van der Waals surface area contributed by atoms with Crippen LogP contribution in [0.4, 0.5) is 0 Å². The van der Waals surface area contributed by atoms with Crippen LogP contribution >= 0.6 is 0 Å². The summed E-state index contributed by atoms with van der Waals surface area (Å²) in [5, 5.41) is 10.1. The van der Waals surface area contributed by atoms with Crippen LogP contribution in [0.2, 0.25) is 0 Å². The van der Waals surface area contributed by atoms with Crippen molar-refractivity contribution in [1.82, 2.24) is 0 Å². The van der Waals surface area contributed by atoms with Gasteiger partial charge in [-0.05, 0) is 38.5 Å². The average molecular weight is 298 g/mol. The Bertz CT molecular complexity index is 390. The number of carbonyl (C=O) groups is 2. The van der Waals surface area contributed by atoms with Crippen LogP contribution in [0.1, 0.15) is 46.5 Å². The molecule has 0 saturated heterocycles. The zero-order chi connectivity index (χ0) is 16.0. The zero-order valence-corrected chi connectivity index (χ0v) is 13.1. The molecule has 1 N–H and O–H groups in total. The smallest absolute Gasteiger partial charge is 0.333 e. The van der Waals surface area contributed by atoms with Crippen molar-refractivity contribution in [3.8, 4) is 0 Å². The minimum Gasteiger partial charge on any atom is -0.462 e. The summed E-state index contributed by atoms with van der Waals surface area (Å²) in [6.45, 7) is 9.14. The number of aliphatic hydroxyl groups is 1. The first kappa shape index (κ1) is 17.7. The van der Waals surface area contributed by atoms with Gasteiger partial charge in [-0.3, -0.25) is 4.79 Å². The molecule has 5 nitrogen and oxygen atoms in total.